The van der Waals surface area contributed by atoms with Crippen LogP contribution in [0.3, 0.4) is 0 Å². The summed E-state index contributed by atoms with van der Waals surface area (Å²) in [4.78, 5) is 17.8. The van der Waals surface area contributed by atoms with Crippen molar-refractivity contribution in [3.05, 3.63) is 48.5 Å². The molecule has 2 rings (SSSR count). The number of carbonyl (C=O) groups is 1. The largest absolute Gasteiger partial charge is 0.353 e. The van der Waals surface area contributed by atoms with E-state index in [0.29, 0.717) is 5.71 Å². The summed E-state index contributed by atoms with van der Waals surface area (Å²) in [5.41, 5.74) is 1.53. The van der Waals surface area contributed by atoms with Crippen LogP contribution in [-0.2, 0) is 4.79 Å². The topological polar surface area (TPSA) is 32.7 Å². The summed E-state index contributed by atoms with van der Waals surface area (Å²) >= 11 is 0. The molecule has 0 atom stereocenters. The van der Waals surface area contributed by atoms with E-state index in [4.69, 9.17) is 0 Å². The van der Waals surface area contributed by atoms with Crippen LogP contribution in [-0.4, -0.2) is 23.4 Å². The fraction of sp³-hybridized carbons (Fsp3) is 0.286. The number of allylic oxidation sites excluding steroid dienone is 5. The van der Waals surface area contributed by atoms with Gasteiger partial charge in [-0.3, -0.25) is 9.79 Å². The summed E-state index contributed by atoms with van der Waals surface area (Å²) in [6.45, 7) is 4.24. The maximum Gasteiger partial charge on any atom is 0.204 e. The van der Waals surface area contributed by atoms with Gasteiger partial charge in [-0.1, -0.05) is 32.1 Å². The molecular formula is C14H16N2O. The molecule has 0 spiro atoms. The average molecular weight is 228 g/mol. The molecule has 1 heterocycles. The van der Waals surface area contributed by atoms with E-state index in [2.05, 4.69) is 24.9 Å². The number of nitrogens with zero attached hydrogens (tertiary/aromatic N) is 2. The molecule has 0 aromatic heterocycles. The SMILES string of the molecule is CN1C=CC(C)(C)/C1=C\N=C1C=CC=CC1=O. The highest BCUT2D eigenvalue weighted by molar-refractivity contribution is 6.48. The maximum absolute atomic E-state index is 11.5. The van der Waals surface area contributed by atoms with Crippen LogP contribution >= 0.6 is 0 Å². The normalized spacial score (nSPS) is 26.5. The van der Waals surface area contributed by atoms with Crippen LogP contribution in [0.4, 0.5) is 0 Å². The van der Waals surface area contributed by atoms with Crippen molar-refractivity contribution in [2.75, 3.05) is 7.05 Å². The van der Waals surface area contributed by atoms with Crippen molar-refractivity contribution in [3.8, 4) is 0 Å². The van der Waals surface area contributed by atoms with Crippen molar-refractivity contribution in [2.24, 2.45) is 10.4 Å². The van der Waals surface area contributed by atoms with E-state index in [9.17, 15) is 4.79 Å². The van der Waals surface area contributed by atoms with Crippen LogP contribution in [0, 0.1) is 5.41 Å². The van der Waals surface area contributed by atoms with Crippen molar-refractivity contribution in [1.29, 1.82) is 0 Å². The van der Waals surface area contributed by atoms with Gasteiger partial charge in [0.1, 0.15) is 5.71 Å². The van der Waals surface area contributed by atoms with Gasteiger partial charge in [-0.25, -0.2) is 0 Å². The van der Waals surface area contributed by atoms with Gasteiger partial charge in [0.15, 0.2) is 0 Å². The highest BCUT2D eigenvalue weighted by atomic mass is 16.1. The first-order valence-electron chi connectivity index (χ1n) is 5.60. The first-order chi connectivity index (χ1) is 8.00. The van der Waals surface area contributed by atoms with Crippen molar-refractivity contribution in [2.45, 2.75) is 13.8 Å². The molecule has 0 saturated heterocycles. The summed E-state index contributed by atoms with van der Waals surface area (Å²) in [5.74, 6) is -0.0456. The van der Waals surface area contributed by atoms with Gasteiger partial charge in [-0.15, -0.1) is 0 Å². The second kappa shape index (κ2) is 4.17. The second-order valence-electron chi connectivity index (χ2n) is 4.76. The lowest BCUT2D eigenvalue weighted by molar-refractivity contribution is -0.108. The summed E-state index contributed by atoms with van der Waals surface area (Å²) in [6.07, 6.45) is 12.7. The van der Waals surface area contributed by atoms with Crippen LogP contribution in [0.25, 0.3) is 0 Å². The Morgan fingerprint density at radius 3 is 2.59 bits per heavy atom. The van der Waals surface area contributed by atoms with Crippen LogP contribution in [0.1, 0.15) is 13.8 Å². The summed E-state index contributed by atoms with van der Waals surface area (Å²) in [5, 5.41) is 0. The van der Waals surface area contributed by atoms with E-state index in [0.717, 1.165) is 5.70 Å². The Bertz CT molecular complexity index is 490. The van der Waals surface area contributed by atoms with Gasteiger partial charge in [0.05, 0.1) is 0 Å². The zero-order valence-electron chi connectivity index (χ0n) is 10.3. The Labute approximate surface area is 102 Å². The molecule has 0 aromatic rings. The molecule has 2 aliphatic rings. The number of hydrogen-bond acceptors (Lipinski definition) is 3. The third kappa shape index (κ3) is 2.28. The minimum Gasteiger partial charge on any atom is -0.353 e. The van der Waals surface area contributed by atoms with Crippen molar-refractivity contribution in [1.82, 2.24) is 4.90 Å². The standard InChI is InChI=1S/C14H16N2O/c1-14(2)8-9-16(3)13(14)10-15-11-6-4-5-7-12(11)17/h4-10H,1-3H3/b13-10+,15-11?. The van der Waals surface area contributed by atoms with E-state index >= 15 is 0 Å². The van der Waals surface area contributed by atoms with E-state index in [-0.39, 0.29) is 11.2 Å². The number of aliphatic imine (C=N–C) groups is 1. The Hall–Kier alpha value is -1.90. The first-order valence-corrected chi connectivity index (χ1v) is 5.60. The predicted molar refractivity (Wildman–Crippen MR) is 69.5 cm³/mol. The smallest absolute Gasteiger partial charge is 0.204 e. The average Bonchev–Trinajstić information content (AvgIpc) is 2.53. The molecule has 0 amide bonds. The van der Waals surface area contributed by atoms with Crippen LogP contribution < -0.4 is 0 Å². The molecule has 3 nitrogen and oxygen atoms in total. The fourth-order valence-corrected chi connectivity index (χ4v) is 1.87. The van der Waals surface area contributed by atoms with E-state index < -0.39 is 0 Å². The van der Waals surface area contributed by atoms with Crippen LogP contribution in [0.15, 0.2) is 53.5 Å². The van der Waals surface area contributed by atoms with Crippen molar-refractivity contribution in [3.63, 3.8) is 0 Å². The predicted octanol–water partition coefficient (Wildman–Crippen LogP) is 2.45. The minimum atomic E-state index is -0.0456. The third-order valence-electron chi connectivity index (χ3n) is 2.95. The summed E-state index contributed by atoms with van der Waals surface area (Å²) in [7, 11) is 1.98. The lowest BCUT2D eigenvalue weighted by atomic mass is 9.92. The molecule has 0 N–H and O–H groups in total. The van der Waals surface area contributed by atoms with Crippen molar-refractivity contribution < 1.29 is 4.79 Å². The molecule has 0 radical (unpaired) electrons. The molecule has 17 heavy (non-hydrogen) atoms. The fourth-order valence-electron chi connectivity index (χ4n) is 1.87. The maximum atomic E-state index is 11.5. The van der Waals surface area contributed by atoms with Gasteiger partial charge in [0.25, 0.3) is 0 Å². The molecule has 0 aromatic carbocycles. The molecule has 0 bridgehead atoms. The number of ketones is 1. The molecule has 88 valence electrons. The zero-order chi connectivity index (χ0) is 12.5. The van der Waals surface area contributed by atoms with E-state index in [1.807, 2.05) is 24.2 Å². The molecule has 0 fully saturated rings. The monoisotopic (exact) mass is 228 g/mol. The van der Waals surface area contributed by atoms with Crippen LogP contribution in [0.5, 0.6) is 0 Å². The van der Waals surface area contributed by atoms with Gasteiger partial charge in [-0.05, 0) is 12.2 Å². The Kier molecular flexibility index (Phi) is 2.84. The molecule has 0 saturated carbocycles. The number of carbonyl (C=O) groups excluding carboxylic acids is 1. The molecule has 0 unspecified atom stereocenters. The Morgan fingerprint density at radius 1 is 1.29 bits per heavy atom. The molecular weight excluding hydrogens is 212 g/mol. The van der Waals surface area contributed by atoms with Gasteiger partial charge in [-0.2, -0.15) is 0 Å². The highest BCUT2D eigenvalue weighted by Crippen LogP contribution is 2.35. The summed E-state index contributed by atoms with van der Waals surface area (Å²) < 4.78 is 0. The van der Waals surface area contributed by atoms with Gasteiger partial charge in [0, 0.05) is 30.6 Å². The van der Waals surface area contributed by atoms with Gasteiger partial charge >= 0.3 is 0 Å². The molecule has 1 aliphatic heterocycles. The van der Waals surface area contributed by atoms with E-state index in [1.165, 1.54) is 6.08 Å². The lowest BCUT2D eigenvalue weighted by Gasteiger charge is -2.22. The molecule has 1 aliphatic carbocycles. The van der Waals surface area contributed by atoms with Crippen LogP contribution in [0.2, 0.25) is 0 Å². The number of rotatable bonds is 1. The zero-order valence-corrected chi connectivity index (χ0v) is 10.3. The van der Waals surface area contributed by atoms with Crippen molar-refractivity contribution >= 4 is 11.5 Å². The summed E-state index contributed by atoms with van der Waals surface area (Å²) in [6, 6.07) is 0. The second-order valence-corrected chi connectivity index (χ2v) is 4.76. The molecule has 3 heteroatoms. The quantitative estimate of drug-likeness (QED) is 0.646. The lowest BCUT2D eigenvalue weighted by Crippen LogP contribution is -2.17. The third-order valence-corrected chi connectivity index (χ3v) is 2.95. The number of hydrogen-bond donors (Lipinski definition) is 0. The Morgan fingerprint density at radius 2 is 2.00 bits per heavy atom. The first kappa shape index (κ1) is 11.6. The minimum absolute atomic E-state index is 0.0317. The van der Waals surface area contributed by atoms with E-state index in [1.54, 1.807) is 18.4 Å². The Balaban J connectivity index is 2.27. The van der Waals surface area contributed by atoms with Gasteiger partial charge in [0.2, 0.25) is 5.78 Å². The highest BCUT2D eigenvalue weighted by Gasteiger charge is 2.27. The van der Waals surface area contributed by atoms with Gasteiger partial charge < -0.3 is 4.90 Å².